The van der Waals surface area contributed by atoms with Crippen molar-refractivity contribution < 1.29 is 4.74 Å². The van der Waals surface area contributed by atoms with Gasteiger partial charge in [-0.3, -0.25) is 0 Å². The highest BCUT2D eigenvalue weighted by Crippen LogP contribution is 2.64. The molecule has 0 aromatic heterocycles. The van der Waals surface area contributed by atoms with Crippen molar-refractivity contribution in [2.75, 3.05) is 6.61 Å². The summed E-state index contributed by atoms with van der Waals surface area (Å²) in [5.74, 6) is 2.17. The molecule has 0 N–H and O–H groups in total. The van der Waals surface area contributed by atoms with Crippen LogP contribution in [0.5, 0.6) is 0 Å². The molecular weight excluding hydrogens is 256 g/mol. The van der Waals surface area contributed by atoms with Crippen LogP contribution in [0.3, 0.4) is 0 Å². The highest BCUT2D eigenvalue weighted by atomic mass is 16.5. The molecule has 0 aromatic rings. The molecule has 1 aliphatic heterocycles. The average molecular weight is 290 g/mol. The Morgan fingerprint density at radius 2 is 1.71 bits per heavy atom. The van der Waals surface area contributed by atoms with E-state index in [9.17, 15) is 0 Å². The first-order valence-corrected chi connectivity index (χ1v) is 9.08. The van der Waals surface area contributed by atoms with E-state index >= 15 is 0 Å². The summed E-state index contributed by atoms with van der Waals surface area (Å²) < 4.78 is 6.51. The maximum absolute atomic E-state index is 6.51. The van der Waals surface area contributed by atoms with E-state index in [-0.39, 0.29) is 5.60 Å². The lowest BCUT2D eigenvalue weighted by Gasteiger charge is -2.62. The summed E-state index contributed by atoms with van der Waals surface area (Å²) in [5, 5.41) is 0. The topological polar surface area (TPSA) is 9.23 Å². The third-order valence-electron chi connectivity index (χ3n) is 7.53. The van der Waals surface area contributed by atoms with Crippen LogP contribution >= 0.6 is 0 Å². The summed E-state index contributed by atoms with van der Waals surface area (Å²) in [6.07, 6.45) is 11.5. The smallest absolute Gasteiger partial charge is 0.0688 e. The first-order valence-electron chi connectivity index (χ1n) is 9.08. The van der Waals surface area contributed by atoms with Gasteiger partial charge < -0.3 is 4.74 Å². The van der Waals surface area contributed by atoms with Crippen molar-refractivity contribution in [1.29, 1.82) is 0 Å². The van der Waals surface area contributed by atoms with Gasteiger partial charge in [0.1, 0.15) is 0 Å². The fourth-order valence-electron chi connectivity index (χ4n) is 6.36. The molecule has 1 nitrogen and oxygen atoms in total. The van der Waals surface area contributed by atoms with E-state index in [1.165, 1.54) is 44.9 Å². The molecule has 0 bridgehead atoms. The minimum absolute atomic E-state index is 0.108. The predicted molar refractivity (Wildman–Crippen MR) is 89.2 cm³/mol. The molecule has 0 unspecified atom stereocenters. The van der Waals surface area contributed by atoms with Gasteiger partial charge in [0.2, 0.25) is 0 Å². The molecule has 120 valence electrons. The van der Waals surface area contributed by atoms with Crippen molar-refractivity contribution in [1.82, 2.24) is 0 Å². The van der Waals surface area contributed by atoms with E-state index in [0.29, 0.717) is 16.7 Å². The summed E-state index contributed by atoms with van der Waals surface area (Å²) in [7, 11) is 0. The minimum Gasteiger partial charge on any atom is -0.374 e. The first kappa shape index (κ1) is 15.6. The molecule has 2 aliphatic carbocycles. The van der Waals surface area contributed by atoms with Gasteiger partial charge in [-0.15, -0.1) is 6.58 Å². The second-order valence-electron chi connectivity index (χ2n) is 9.19. The molecule has 21 heavy (non-hydrogen) atoms. The van der Waals surface area contributed by atoms with Crippen LogP contribution in [0.4, 0.5) is 0 Å². The molecule has 0 spiro atoms. The lowest BCUT2D eigenvalue weighted by atomic mass is 9.45. The quantitative estimate of drug-likeness (QED) is 0.571. The zero-order valence-corrected chi connectivity index (χ0v) is 14.6. The first-order chi connectivity index (χ1) is 9.82. The molecule has 3 rings (SSSR count). The second kappa shape index (κ2) is 5.11. The number of fused-ring (bicyclic) bond motifs is 3. The third-order valence-corrected chi connectivity index (χ3v) is 7.53. The Balaban J connectivity index is 1.93. The molecule has 1 saturated heterocycles. The van der Waals surface area contributed by atoms with E-state index in [4.69, 9.17) is 4.74 Å². The van der Waals surface area contributed by atoms with Crippen LogP contribution in [0.2, 0.25) is 0 Å². The summed E-state index contributed by atoms with van der Waals surface area (Å²) in [5.41, 5.74) is 1.10. The SMILES string of the molecule is C=C[C@H]1CC[C@@H]2[C@@]3(C)CCCC(C)(C)[C@@H]3CC[C@@]2(C)OC1. The Bertz CT molecular complexity index is 412. The zero-order valence-electron chi connectivity index (χ0n) is 14.6. The zero-order chi connectivity index (χ0) is 15.3. The van der Waals surface area contributed by atoms with Gasteiger partial charge in [-0.05, 0) is 74.0 Å². The summed E-state index contributed by atoms with van der Waals surface area (Å²) in [4.78, 5) is 0. The fourth-order valence-corrected chi connectivity index (χ4v) is 6.36. The summed E-state index contributed by atoms with van der Waals surface area (Å²) >= 11 is 0. The lowest BCUT2D eigenvalue weighted by molar-refractivity contribution is -0.186. The Hall–Kier alpha value is -0.300. The Kier molecular flexibility index (Phi) is 3.80. The minimum atomic E-state index is 0.108. The van der Waals surface area contributed by atoms with Crippen LogP contribution in [0.1, 0.15) is 72.6 Å². The molecule has 3 aliphatic rings. The van der Waals surface area contributed by atoms with Gasteiger partial charge in [0.05, 0.1) is 12.2 Å². The van der Waals surface area contributed by atoms with E-state index in [2.05, 4.69) is 40.3 Å². The molecular formula is C20H34O. The summed E-state index contributed by atoms with van der Waals surface area (Å²) in [6.45, 7) is 14.9. The highest BCUT2D eigenvalue weighted by Gasteiger charge is 2.59. The second-order valence-corrected chi connectivity index (χ2v) is 9.19. The van der Waals surface area contributed by atoms with Crippen LogP contribution in [-0.2, 0) is 4.74 Å². The van der Waals surface area contributed by atoms with Crippen LogP contribution < -0.4 is 0 Å². The van der Waals surface area contributed by atoms with Gasteiger partial charge in [-0.2, -0.15) is 0 Å². The molecule has 0 radical (unpaired) electrons. The van der Waals surface area contributed by atoms with E-state index < -0.39 is 0 Å². The number of rotatable bonds is 1. The average Bonchev–Trinajstić information content (AvgIpc) is 2.57. The third kappa shape index (κ3) is 2.40. The van der Waals surface area contributed by atoms with Crippen LogP contribution in [0.25, 0.3) is 0 Å². The predicted octanol–water partition coefficient (Wildman–Crippen LogP) is 5.60. The summed E-state index contributed by atoms with van der Waals surface area (Å²) in [6, 6.07) is 0. The van der Waals surface area contributed by atoms with Crippen LogP contribution in [0.15, 0.2) is 12.7 Å². The van der Waals surface area contributed by atoms with E-state index in [1.54, 1.807) is 0 Å². The normalized spacial score (nSPS) is 49.6. The molecule has 5 atom stereocenters. The van der Waals surface area contributed by atoms with Gasteiger partial charge in [-0.25, -0.2) is 0 Å². The Morgan fingerprint density at radius 3 is 2.43 bits per heavy atom. The maximum Gasteiger partial charge on any atom is 0.0688 e. The van der Waals surface area contributed by atoms with Crippen molar-refractivity contribution in [3.63, 3.8) is 0 Å². The molecule has 1 heteroatoms. The molecule has 1 heterocycles. The largest absolute Gasteiger partial charge is 0.374 e. The van der Waals surface area contributed by atoms with Gasteiger partial charge >= 0.3 is 0 Å². The lowest BCUT2D eigenvalue weighted by Crippen LogP contribution is -2.58. The fraction of sp³-hybridized carbons (Fsp3) is 0.900. The van der Waals surface area contributed by atoms with Crippen molar-refractivity contribution >= 4 is 0 Å². The van der Waals surface area contributed by atoms with Crippen LogP contribution in [-0.4, -0.2) is 12.2 Å². The monoisotopic (exact) mass is 290 g/mol. The van der Waals surface area contributed by atoms with Crippen LogP contribution in [0, 0.1) is 28.6 Å². The molecule has 3 fully saturated rings. The number of ether oxygens (including phenoxy) is 1. The molecule has 0 amide bonds. The van der Waals surface area contributed by atoms with Crippen molar-refractivity contribution in [3.05, 3.63) is 12.7 Å². The van der Waals surface area contributed by atoms with Gasteiger partial charge in [-0.1, -0.05) is 33.3 Å². The van der Waals surface area contributed by atoms with Gasteiger partial charge in [0.15, 0.2) is 0 Å². The van der Waals surface area contributed by atoms with E-state index in [1.807, 2.05) is 0 Å². The number of hydrogen-bond donors (Lipinski definition) is 0. The van der Waals surface area contributed by atoms with Crippen molar-refractivity contribution in [2.24, 2.45) is 28.6 Å². The molecule has 2 saturated carbocycles. The van der Waals surface area contributed by atoms with Crippen molar-refractivity contribution in [3.8, 4) is 0 Å². The highest BCUT2D eigenvalue weighted by molar-refractivity contribution is 5.09. The number of hydrogen-bond acceptors (Lipinski definition) is 1. The van der Waals surface area contributed by atoms with Gasteiger partial charge in [0, 0.05) is 0 Å². The maximum atomic E-state index is 6.51. The van der Waals surface area contributed by atoms with Crippen molar-refractivity contribution in [2.45, 2.75) is 78.2 Å². The van der Waals surface area contributed by atoms with Gasteiger partial charge in [0.25, 0.3) is 0 Å². The van der Waals surface area contributed by atoms with E-state index in [0.717, 1.165) is 18.4 Å². The standard InChI is InChI=1S/C20H34O/c1-6-15-8-9-17-19(4)12-7-11-18(2,3)16(19)10-13-20(17,5)21-14-15/h6,15-17H,1,7-14H2,2-5H3/t15-,16-,17+,19-,20+/m0/s1. The molecule has 0 aromatic carbocycles. The Labute approximate surface area is 131 Å². The Morgan fingerprint density at radius 1 is 0.952 bits per heavy atom.